The van der Waals surface area contributed by atoms with Crippen molar-refractivity contribution in [3.8, 4) is 0 Å². The van der Waals surface area contributed by atoms with Gasteiger partial charge in [0.15, 0.2) is 5.82 Å². The van der Waals surface area contributed by atoms with Gasteiger partial charge in [-0.25, -0.2) is 4.98 Å². The van der Waals surface area contributed by atoms with Gasteiger partial charge in [-0.05, 0) is 7.05 Å². The maximum Gasteiger partial charge on any atom is 0.224 e. The number of aromatic nitrogens is 3. The Kier molecular flexibility index (Phi) is 4.91. The topological polar surface area (TPSA) is 71.8 Å². The maximum absolute atomic E-state index is 11.5. The Morgan fingerprint density at radius 3 is 2.94 bits per heavy atom. The van der Waals surface area contributed by atoms with Crippen LogP contribution in [-0.4, -0.2) is 40.8 Å². The van der Waals surface area contributed by atoms with E-state index in [-0.39, 0.29) is 11.8 Å². The summed E-state index contributed by atoms with van der Waals surface area (Å²) in [7, 11) is 3.66. The van der Waals surface area contributed by atoms with Crippen molar-refractivity contribution in [1.29, 1.82) is 0 Å². The van der Waals surface area contributed by atoms with Crippen LogP contribution in [0.25, 0.3) is 0 Å². The van der Waals surface area contributed by atoms with Gasteiger partial charge in [0.25, 0.3) is 0 Å². The lowest BCUT2D eigenvalue weighted by atomic mass is 10.1. The van der Waals surface area contributed by atoms with Crippen LogP contribution in [0.15, 0.2) is 6.33 Å². The highest BCUT2D eigenvalue weighted by atomic mass is 16.1. The predicted molar refractivity (Wildman–Crippen MR) is 60.8 cm³/mol. The van der Waals surface area contributed by atoms with E-state index in [1.54, 1.807) is 11.0 Å². The van der Waals surface area contributed by atoms with Gasteiger partial charge in [0.2, 0.25) is 5.91 Å². The summed E-state index contributed by atoms with van der Waals surface area (Å²) in [5, 5.41) is 9.96. The third kappa shape index (κ3) is 3.98. The minimum Gasteiger partial charge on any atom is -0.355 e. The molecule has 0 radical (unpaired) electrons. The second-order valence-electron chi connectivity index (χ2n) is 3.83. The number of rotatable bonds is 6. The van der Waals surface area contributed by atoms with Crippen molar-refractivity contribution in [2.45, 2.75) is 13.3 Å². The van der Waals surface area contributed by atoms with Gasteiger partial charge in [-0.1, -0.05) is 6.92 Å². The highest BCUT2D eigenvalue weighted by molar-refractivity contribution is 5.78. The molecular weight excluding hydrogens is 206 g/mol. The minimum absolute atomic E-state index is 0.0123. The highest BCUT2D eigenvalue weighted by Gasteiger charge is 2.10. The summed E-state index contributed by atoms with van der Waals surface area (Å²) in [6.45, 7) is 3.16. The highest BCUT2D eigenvalue weighted by Crippen LogP contribution is 1.93. The lowest BCUT2D eigenvalue weighted by Gasteiger charge is -2.10. The Morgan fingerprint density at radius 1 is 1.62 bits per heavy atom. The lowest BCUT2D eigenvalue weighted by molar-refractivity contribution is -0.124. The molecule has 0 saturated carbocycles. The molecule has 1 heterocycles. The van der Waals surface area contributed by atoms with E-state index in [1.165, 1.54) is 0 Å². The molecule has 1 aromatic rings. The zero-order chi connectivity index (χ0) is 12.0. The Hall–Kier alpha value is -1.43. The Balaban J connectivity index is 2.22. The van der Waals surface area contributed by atoms with Crippen LogP contribution < -0.4 is 10.6 Å². The van der Waals surface area contributed by atoms with Crippen molar-refractivity contribution in [3.63, 3.8) is 0 Å². The van der Waals surface area contributed by atoms with Crippen molar-refractivity contribution in [2.75, 3.05) is 20.1 Å². The molecule has 0 aliphatic heterocycles. The van der Waals surface area contributed by atoms with E-state index in [9.17, 15) is 4.79 Å². The Labute approximate surface area is 95.4 Å². The minimum atomic E-state index is -0.0123. The summed E-state index contributed by atoms with van der Waals surface area (Å²) in [6, 6.07) is 0. The quantitative estimate of drug-likeness (QED) is 0.673. The SMILES string of the molecule is CNCC(C)C(=O)NCCc1ncn(C)n1. The Morgan fingerprint density at radius 2 is 2.38 bits per heavy atom. The van der Waals surface area contributed by atoms with Crippen LogP contribution in [0.3, 0.4) is 0 Å². The van der Waals surface area contributed by atoms with Crippen molar-refractivity contribution in [1.82, 2.24) is 25.4 Å². The van der Waals surface area contributed by atoms with Crippen molar-refractivity contribution >= 4 is 5.91 Å². The fourth-order valence-electron chi connectivity index (χ4n) is 1.37. The van der Waals surface area contributed by atoms with E-state index in [0.717, 1.165) is 5.82 Å². The first kappa shape index (κ1) is 12.6. The molecule has 0 fully saturated rings. The fourth-order valence-corrected chi connectivity index (χ4v) is 1.37. The largest absolute Gasteiger partial charge is 0.355 e. The zero-order valence-electron chi connectivity index (χ0n) is 10.0. The summed E-state index contributed by atoms with van der Waals surface area (Å²) >= 11 is 0. The summed E-state index contributed by atoms with van der Waals surface area (Å²) in [4.78, 5) is 15.6. The monoisotopic (exact) mass is 225 g/mol. The van der Waals surface area contributed by atoms with E-state index in [4.69, 9.17) is 0 Å². The van der Waals surface area contributed by atoms with Crippen molar-refractivity contribution in [3.05, 3.63) is 12.2 Å². The molecule has 0 saturated heterocycles. The molecule has 0 spiro atoms. The van der Waals surface area contributed by atoms with Gasteiger partial charge in [-0.15, -0.1) is 0 Å². The normalized spacial score (nSPS) is 12.4. The second-order valence-corrected chi connectivity index (χ2v) is 3.83. The van der Waals surface area contributed by atoms with E-state index < -0.39 is 0 Å². The number of hydrogen-bond acceptors (Lipinski definition) is 4. The van der Waals surface area contributed by atoms with Crippen LogP contribution in [-0.2, 0) is 18.3 Å². The molecule has 16 heavy (non-hydrogen) atoms. The van der Waals surface area contributed by atoms with Crippen LogP contribution in [0.5, 0.6) is 0 Å². The van der Waals surface area contributed by atoms with Crippen LogP contribution >= 0.6 is 0 Å². The smallest absolute Gasteiger partial charge is 0.224 e. The standard InChI is InChI=1S/C10H19N5O/c1-8(6-11-2)10(16)12-5-4-9-13-7-15(3)14-9/h7-8,11H,4-6H2,1-3H3,(H,12,16). The van der Waals surface area contributed by atoms with Gasteiger partial charge >= 0.3 is 0 Å². The number of nitrogens with zero attached hydrogens (tertiary/aromatic N) is 3. The van der Waals surface area contributed by atoms with Gasteiger partial charge in [-0.2, -0.15) is 5.10 Å². The molecule has 0 aliphatic carbocycles. The Bertz CT molecular complexity index is 336. The summed E-state index contributed by atoms with van der Waals surface area (Å²) in [5.74, 6) is 0.802. The number of carbonyl (C=O) groups is 1. The van der Waals surface area contributed by atoms with Gasteiger partial charge in [0.05, 0.1) is 0 Å². The third-order valence-corrected chi connectivity index (χ3v) is 2.25. The van der Waals surface area contributed by atoms with Crippen molar-refractivity contribution in [2.24, 2.45) is 13.0 Å². The van der Waals surface area contributed by atoms with Crippen LogP contribution in [0.4, 0.5) is 0 Å². The number of carbonyl (C=O) groups excluding carboxylic acids is 1. The van der Waals surface area contributed by atoms with Crippen LogP contribution in [0.1, 0.15) is 12.7 Å². The van der Waals surface area contributed by atoms with E-state index >= 15 is 0 Å². The van der Waals surface area contributed by atoms with Gasteiger partial charge in [-0.3, -0.25) is 9.48 Å². The summed E-state index contributed by atoms with van der Waals surface area (Å²) < 4.78 is 1.65. The number of hydrogen-bond donors (Lipinski definition) is 2. The number of amides is 1. The van der Waals surface area contributed by atoms with Crippen LogP contribution in [0, 0.1) is 5.92 Å². The van der Waals surface area contributed by atoms with Gasteiger partial charge in [0.1, 0.15) is 6.33 Å². The molecular formula is C10H19N5O. The molecule has 1 aromatic heterocycles. The molecule has 0 bridgehead atoms. The van der Waals surface area contributed by atoms with Gasteiger partial charge in [0, 0.05) is 32.5 Å². The maximum atomic E-state index is 11.5. The molecule has 1 atom stereocenters. The van der Waals surface area contributed by atoms with E-state index in [0.29, 0.717) is 19.5 Å². The van der Waals surface area contributed by atoms with Gasteiger partial charge < -0.3 is 10.6 Å². The van der Waals surface area contributed by atoms with Crippen LogP contribution in [0.2, 0.25) is 0 Å². The number of aryl methyl sites for hydroxylation is 1. The lowest BCUT2D eigenvalue weighted by Crippen LogP contribution is -2.35. The first-order valence-corrected chi connectivity index (χ1v) is 5.40. The summed E-state index contributed by atoms with van der Waals surface area (Å²) in [5.41, 5.74) is 0. The molecule has 1 rings (SSSR count). The molecule has 1 amide bonds. The zero-order valence-corrected chi connectivity index (χ0v) is 10.0. The summed E-state index contributed by atoms with van der Waals surface area (Å²) in [6.07, 6.45) is 2.32. The van der Waals surface area contributed by atoms with E-state index in [2.05, 4.69) is 20.7 Å². The average molecular weight is 225 g/mol. The number of nitrogens with one attached hydrogen (secondary N) is 2. The molecule has 6 heteroatoms. The molecule has 0 aliphatic rings. The molecule has 6 nitrogen and oxygen atoms in total. The second kappa shape index (κ2) is 6.22. The molecule has 90 valence electrons. The molecule has 0 aromatic carbocycles. The fraction of sp³-hybridized carbons (Fsp3) is 0.700. The molecule has 1 unspecified atom stereocenters. The van der Waals surface area contributed by atoms with Crippen molar-refractivity contribution < 1.29 is 4.79 Å². The average Bonchev–Trinajstić information content (AvgIpc) is 2.64. The van der Waals surface area contributed by atoms with E-state index in [1.807, 2.05) is 21.0 Å². The molecule has 2 N–H and O–H groups in total. The third-order valence-electron chi connectivity index (χ3n) is 2.25. The predicted octanol–water partition coefficient (Wildman–Crippen LogP) is -0.671. The first-order valence-electron chi connectivity index (χ1n) is 5.40. The first-order chi connectivity index (χ1) is 7.63.